The van der Waals surface area contributed by atoms with Crippen LogP contribution in [0.25, 0.3) is 0 Å². The van der Waals surface area contributed by atoms with Crippen molar-refractivity contribution in [3.63, 3.8) is 0 Å². The number of hydrogen-bond donors (Lipinski definition) is 0. The van der Waals surface area contributed by atoms with Gasteiger partial charge in [0.05, 0.1) is 0 Å². The quantitative estimate of drug-likeness (QED) is 0.451. The Labute approximate surface area is 205 Å². The standard InChI is InChI=1S/C26H28Cl2N4O/c1-20-16-31(12-11-30(20)19-23-7-4-10-29-15-23)26(33)32(17-21-5-2-8-24(27)13-21)18-22-6-3-9-25(28)14-22/h2-10,13-15,20H,11-12,16-19H2,1H3/t20-/m0/s1. The molecule has 7 heteroatoms. The molecule has 33 heavy (non-hydrogen) atoms. The summed E-state index contributed by atoms with van der Waals surface area (Å²) >= 11 is 12.4. The van der Waals surface area contributed by atoms with Crippen molar-refractivity contribution in [1.82, 2.24) is 19.7 Å². The first-order chi connectivity index (χ1) is 16.0. The summed E-state index contributed by atoms with van der Waals surface area (Å²) in [5, 5.41) is 1.33. The Morgan fingerprint density at radius 3 is 2.15 bits per heavy atom. The lowest BCUT2D eigenvalue weighted by atomic mass is 10.1. The molecular weight excluding hydrogens is 455 g/mol. The summed E-state index contributed by atoms with van der Waals surface area (Å²) in [4.78, 5) is 24.1. The monoisotopic (exact) mass is 482 g/mol. The number of nitrogens with zero attached hydrogens (tertiary/aromatic N) is 4. The summed E-state index contributed by atoms with van der Waals surface area (Å²) < 4.78 is 0. The minimum atomic E-state index is 0.0304. The normalized spacial score (nSPS) is 16.6. The Morgan fingerprint density at radius 2 is 1.61 bits per heavy atom. The second-order valence-corrected chi connectivity index (χ2v) is 9.40. The maximum absolute atomic E-state index is 13.6. The number of carbonyl (C=O) groups excluding carboxylic acids is 1. The molecule has 0 unspecified atom stereocenters. The predicted octanol–water partition coefficient (Wildman–Crippen LogP) is 5.72. The number of pyridine rings is 1. The van der Waals surface area contributed by atoms with Crippen LogP contribution in [0.5, 0.6) is 0 Å². The minimum absolute atomic E-state index is 0.0304. The van der Waals surface area contributed by atoms with Crippen molar-refractivity contribution >= 4 is 29.2 Å². The molecule has 2 heterocycles. The second-order valence-electron chi connectivity index (χ2n) is 8.53. The molecule has 1 saturated heterocycles. The number of urea groups is 1. The van der Waals surface area contributed by atoms with Crippen LogP contribution in [-0.4, -0.2) is 51.4 Å². The minimum Gasteiger partial charge on any atom is -0.322 e. The van der Waals surface area contributed by atoms with Crippen LogP contribution in [0.4, 0.5) is 4.79 Å². The van der Waals surface area contributed by atoms with Crippen molar-refractivity contribution < 1.29 is 4.79 Å². The van der Waals surface area contributed by atoms with Gasteiger partial charge in [-0.2, -0.15) is 0 Å². The van der Waals surface area contributed by atoms with Crippen molar-refractivity contribution in [2.24, 2.45) is 0 Å². The van der Waals surface area contributed by atoms with Gasteiger partial charge in [0.25, 0.3) is 0 Å². The molecule has 0 N–H and O–H groups in total. The third-order valence-corrected chi connectivity index (χ3v) is 6.41. The van der Waals surface area contributed by atoms with Crippen molar-refractivity contribution in [3.05, 3.63) is 99.8 Å². The van der Waals surface area contributed by atoms with Gasteiger partial charge in [-0.1, -0.05) is 53.5 Å². The van der Waals surface area contributed by atoms with Crippen LogP contribution >= 0.6 is 23.2 Å². The number of amides is 2. The van der Waals surface area contributed by atoms with Crippen molar-refractivity contribution in [2.45, 2.75) is 32.6 Å². The van der Waals surface area contributed by atoms with Crippen LogP contribution in [0, 0.1) is 0 Å². The summed E-state index contributed by atoms with van der Waals surface area (Å²) in [6, 6.07) is 19.7. The Hall–Kier alpha value is -2.60. The summed E-state index contributed by atoms with van der Waals surface area (Å²) in [5.41, 5.74) is 3.19. The molecule has 0 aliphatic carbocycles. The number of halogens is 2. The van der Waals surface area contributed by atoms with Gasteiger partial charge in [-0.05, 0) is 53.9 Å². The molecule has 1 fully saturated rings. The molecule has 1 aliphatic rings. The van der Waals surface area contributed by atoms with Gasteiger partial charge in [0.2, 0.25) is 0 Å². The van der Waals surface area contributed by atoms with Gasteiger partial charge in [0, 0.05) is 67.7 Å². The zero-order valence-electron chi connectivity index (χ0n) is 18.7. The smallest absolute Gasteiger partial charge is 0.320 e. The maximum atomic E-state index is 13.6. The van der Waals surface area contributed by atoms with E-state index in [1.54, 1.807) is 6.20 Å². The molecular formula is C26H28Cl2N4O. The lowest BCUT2D eigenvalue weighted by molar-refractivity contribution is 0.0743. The first kappa shape index (κ1) is 23.6. The van der Waals surface area contributed by atoms with Gasteiger partial charge in [-0.25, -0.2) is 4.79 Å². The Bertz CT molecular complexity index is 1030. The van der Waals surface area contributed by atoms with E-state index in [-0.39, 0.29) is 12.1 Å². The molecule has 0 radical (unpaired) electrons. The second kappa shape index (κ2) is 11.0. The number of piperazine rings is 1. The van der Waals surface area contributed by atoms with Gasteiger partial charge in [-0.15, -0.1) is 0 Å². The van der Waals surface area contributed by atoms with Crippen LogP contribution in [0.15, 0.2) is 73.1 Å². The fourth-order valence-corrected chi connectivity index (χ4v) is 4.66. The van der Waals surface area contributed by atoms with Crippen LogP contribution in [0.1, 0.15) is 23.6 Å². The van der Waals surface area contributed by atoms with E-state index in [1.807, 2.05) is 70.6 Å². The lowest BCUT2D eigenvalue weighted by Crippen LogP contribution is -2.55. The highest BCUT2D eigenvalue weighted by atomic mass is 35.5. The topological polar surface area (TPSA) is 39.7 Å². The first-order valence-corrected chi connectivity index (χ1v) is 11.9. The number of hydrogen-bond acceptors (Lipinski definition) is 3. The maximum Gasteiger partial charge on any atom is 0.320 e. The molecule has 5 nitrogen and oxygen atoms in total. The average Bonchev–Trinajstić information content (AvgIpc) is 2.80. The van der Waals surface area contributed by atoms with Crippen LogP contribution in [0.2, 0.25) is 10.0 Å². The molecule has 0 bridgehead atoms. The van der Waals surface area contributed by atoms with E-state index in [2.05, 4.69) is 22.9 Å². The van der Waals surface area contributed by atoms with Gasteiger partial charge in [-0.3, -0.25) is 9.88 Å². The molecule has 172 valence electrons. The first-order valence-electron chi connectivity index (χ1n) is 11.1. The third kappa shape index (κ3) is 6.47. The van der Waals surface area contributed by atoms with Crippen LogP contribution in [-0.2, 0) is 19.6 Å². The highest BCUT2D eigenvalue weighted by molar-refractivity contribution is 6.30. The van der Waals surface area contributed by atoms with Crippen molar-refractivity contribution in [1.29, 1.82) is 0 Å². The van der Waals surface area contributed by atoms with E-state index in [0.29, 0.717) is 36.2 Å². The predicted molar refractivity (Wildman–Crippen MR) is 133 cm³/mol. The number of aromatic nitrogens is 1. The molecule has 1 aromatic heterocycles. The number of carbonyl (C=O) groups is 1. The SMILES string of the molecule is C[C@H]1CN(C(=O)N(Cc2cccc(Cl)c2)Cc2cccc(Cl)c2)CCN1Cc1cccnc1. The van der Waals surface area contributed by atoms with Gasteiger partial charge in [0.15, 0.2) is 0 Å². The molecule has 2 amide bonds. The summed E-state index contributed by atoms with van der Waals surface area (Å²) in [6.07, 6.45) is 3.69. The van der Waals surface area contributed by atoms with E-state index in [9.17, 15) is 4.79 Å². The summed E-state index contributed by atoms with van der Waals surface area (Å²) in [6.45, 7) is 6.17. The zero-order chi connectivity index (χ0) is 23.2. The Morgan fingerprint density at radius 1 is 0.970 bits per heavy atom. The van der Waals surface area contributed by atoms with Crippen LogP contribution < -0.4 is 0 Å². The molecule has 4 rings (SSSR count). The third-order valence-electron chi connectivity index (χ3n) is 5.94. The van der Waals surface area contributed by atoms with E-state index >= 15 is 0 Å². The van der Waals surface area contributed by atoms with E-state index in [4.69, 9.17) is 23.2 Å². The lowest BCUT2D eigenvalue weighted by Gasteiger charge is -2.41. The van der Waals surface area contributed by atoms with Crippen LogP contribution in [0.3, 0.4) is 0 Å². The Kier molecular flexibility index (Phi) is 7.86. The van der Waals surface area contributed by atoms with Crippen molar-refractivity contribution in [3.8, 4) is 0 Å². The zero-order valence-corrected chi connectivity index (χ0v) is 20.2. The number of benzene rings is 2. The van der Waals surface area contributed by atoms with E-state index in [1.165, 1.54) is 5.56 Å². The molecule has 1 aliphatic heterocycles. The fourth-order valence-electron chi connectivity index (χ4n) is 4.23. The highest BCUT2D eigenvalue weighted by Crippen LogP contribution is 2.20. The highest BCUT2D eigenvalue weighted by Gasteiger charge is 2.29. The van der Waals surface area contributed by atoms with E-state index < -0.39 is 0 Å². The molecule has 2 aromatic carbocycles. The Balaban J connectivity index is 1.47. The largest absolute Gasteiger partial charge is 0.322 e. The van der Waals surface area contributed by atoms with Crippen molar-refractivity contribution in [2.75, 3.05) is 19.6 Å². The van der Waals surface area contributed by atoms with Gasteiger partial charge in [0.1, 0.15) is 0 Å². The fraction of sp³-hybridized carbons (Fsp3) is 0.308. The number of rotatable bonds is 6. The molecule has 0 spiro atoms. The summed E-state index contributed by atoms with van der Waals surface area (Å²) in [7, 11) is 0. The van der Waals surface area contributed by atoms with Gasteiger partial charge < -0.3 is 9.80 Å². The van der Waals surface area contributed by atoms with E-state index in [0.717, 1.165) is 24.2 Å². The molecule has 3 aromatic rings. The molecule has 0 saturated carbocycles. The summed E-state index contributed by atoms with van der Waals surface area (Å²) in [5.74, 6) is 0. The average molecular weight is 483 g/mol. The van der Waals surface area contributed by atoms with Gasteiger partial charge >= 0.3 is 6.03 Å². The molecule has 1 atom stereocenters.